The molecule has 9 heteroatoms. The summed E-state index contributed by atoms with van der Waals surface area (Å²) in [5, 5.41) is 2.97. The molecular formula is C17H22ClF3N2O3. The normalized spacial score (nSPS) is 18.4. The van der Waals surface area contributed by atoms with Crippen LogP contribution in [0.4, 0.5) is 23.7 Å². The van der Waals surface area contributed by atoms with E-state index in [1.54, 1.807) is 20.8 Å². The summed E-state index contributed by atoms with van der Waals surface area (Å²) in [6, 6.07) is 3.70. The minimum atomic E-state index is -4.77. The summed E-state index contributed by atoms with van der Waals surface area (Å²) >= 11 is 6.13. The molecule has 1 aromatic rings. The molecule has 0 bridgehead atoms. The second-order valence-corrected chi connectivity index (χ2v) is 7.50. The first-order chi connectivity index (χ1) is 11.9. The van der Waals surface area contributed by atoms with E-state index in [1.165, 1.54) is 12.1 Å². The topological polar surface area (TPSA) is 50.8 Å². The highest BCUT2D eigenvalue weighted by Crippen LogP contribution is 2.33. The minimum Gasteiger partial charge on any atom is -0.444 e. The van der Waals surface area contributed by atoms with Crippen molar-refractivity contribution in [1.82, 2.24) is 5.32 Å². The van der Waals surface area contributed by atoms with Crippen molar-refractivity contribution < 1.29 is 27.4 Å². The van der Waals surface area contributed by atoms with Crippen LogP contribution < -0.4 is 15.0 Å². The quantitative estimate of drug-likeness (QED) is 0.805. The molecule has 0 radical (unpaired) electrons. The fraction of sp³-hybridized carbons (Fsp3) is 0.588. The Kier molecular flexibility index (Phi) is 6.16. The van der Waals surface area contributed by atoms with Crippen molar-refractivity contribution in [3.8, 4) is 5.75 Å². The molecule has 26 heavy (non-hydrogen) atoms. The molecule has 0 saturated carbocycles. The first kappa shape index (κ1) is 20.5. The number of ether oxygens (including phenoxy) is 2. The first-order valence-electron chi connectivity index (χ1n) is 8.23. The molecule has 1 fully saturated rings. The van der Waals surface area contributed by atoms with E-state index >= 15 is 0 Å². The van der Waals surface area contributed by atoms with E-state index in [0.29, 0.717) is 18.8 Å². The molecule has 1 amide bonds. The van der Waals surface area contributed by atoms with Crippen LogP contribution in [0.5, 0.6) is 5.75 Å². The van der Waals surface area contributed by atoms with Gasteiger partial charge in [0.15, 0.2) is 0 Å². The van der Waals surface area contributed by atoms with Crippen molar-refractivity contribution in [3.63, 3.8) is 0 Å². The molecule has 1 atom stereocenters. The summed E-state index contributed by atoms with van der Waals surface area (Å²) in [5.41, 5.74) is 0.00709. The Morgan fingerprint density at radius 2 is 2.00 bits per heavy atom. The van der Waals surface area contributed by atoms with Gasteiger partial charge in [-0.1, -0.05) is 11.6 Å². The van der Waals surface area contributed by atoms with E-state index in [2.05, 4.69) is 10.1 Å². The van der Waals surface area contributed by atoms with Crippen molar-refractivity contribution in [2.45, 2.75) is 51.6 Å². The number of benzene rings is 1. The fourth-order valence-corrected chi connectivity index (χ4v) is 3.02. The van der Waals surface area contributed by atoms with Crippen LogP contribution >= 0.6 is 11.6 Å². The van der Waals surface area contributed by atoms with Crippen LogP contribution in [0.3, 0.4) is 0 Å². The van der Waals surface area contributed by atoms with Crippen LogP contribution in [0, 0.1) is 0 Å². The van der Waals surface area contributed by atoms with Gasteiger partial charge in [0.1, 0.15) is 11.4 Å². The van der Waals surface area contributed by atoms with Crippen LogP contribution in [0.25, 0.3) is 0 Å². The van der Waals surface area contributed by atoms with Gasteiger partial charge in [-0.25, -0.2) is 4.79 Å². The summed E-state index contributed by atoms with van der Waals surface area (Å²) in [4.78, 5) is 13.8. The second-order valence-electron chi connectivity index (χ2n) is 7.09. The lowest BCUT2D eigenvalue weighted by Crippen LogP contribution is -2.49. The fourth-order valence-electron chi connectivity index (χ4n) is 2.73. The Morgan fingerprint density at radius 3 is 2.58 bits per heavy atom. The molecule has 1 saturated heterocycles. The van der Waals surface area contributed by atoms with Gasteiger partial charge in [0.2, 0.25) is 0 Å². The van der Waals surface area contributed by atoms with E-state index in [4.69, 9.17) is 16.3 Å². The number of hydrogen-bond acceptors (Lipinski definition) is 4. The molecule has 146 valence electrons. The van der Waals surface area contributed by atoms with Gasteiger partial charge in [0.05, 0.1) is 10.7 Å². The van der Waals surface area contributed by atoms with Crippen LogP contribution in [-0.2, 0) is 4.74 Å². The number of nitrogens with zero attached hydrogens (tertiary/aromatic N) is 1. The number of nitrogens with one attached hydrogen (secondary N) is 1. The SMILES string of the molecule is CC(C)(C)OC(=O)N[C@@H]1CCCN(c2ccc(OC(F)(F)F)cc2Cl)C1. The molecule has 0 spiro atoms. The van der Waals surface area contributed by atoms with Crippen LogP contribution in [0.1, 0.15) is 33.6 Å². The van der Waals surface area contributed by atoms with Gasteiger partial charge < -0.3 is 19.7 Å². The van der Waals surface area contributed by atoms with Crippen molar-refractivity contribution in [2.75, 3.05) is 18.0 Å². The van der Waals surface area contributed by atoms with Crippen LogP contribution in [0.15, 0.2) is 18.2 Å². The number of alkyl carbamates (subject to hydrolysis) is 1. The zero-order valence-corrected chi connectivity index (χ0v) is 15.6. The smallest absolute Gasteiger partial charge is 0.444 e. The van der Waals surface area contributed by atoms with E-state index in [0.717, 1.165) is 18.9 Å². The number of alkyl halides is 3. The van der Waals surface area contributed by atoms with Crippen molar-refractivity contribution in [3.05, 3.63) is 23.2 Å². The highest BCUT2D eigenvalue weighted by molar-refractivity contribution is 6.33. The number of anilines is 1. The molecule has 1 N–H and O–H groups in total. The third-order valence-electron chi connectivity index (χ3n) is 3.64. The molecule has 1 aliphatic rings. The summed E-state index contributed by atoms with van der Waals surface area (Å²) < 4.78 is 46.0. The summed E-state index contributed by atoms with van der Waals surface area (Å²) in [5.74, 6) is -0.369. The monoisotopic (exact) mass is 394 g/mol. The lowest BCUT2D eigenvalue weighted by atomic mass is 10.0. The predicted octanol–water partition coefficient (Wildman–Crippen LogP) is 4.73. The zero-order chi connectivity index (χ0) is 19.5. The van der Waals surface area contributed by atoms with E-state index in [9.17, 15) is 18.0 Å². The number of amides is 1. The number of carbonyl (C=O) groups excluding carboxylic acids is 1. The van der Waals surface area contributed by atoms with Gasteiger partial charge in [-0.15, -0.1) is 13.2 Å². The number of hydrogen-bond donors (Lipinski definition) is 1. The standard InChI is InChI=1S/C17H22ClF3N2O3/c1-16(2,3)26-15(24)22-11-5-4-8-23(10-11)14-7-6-12(9-13(14)18)25-17(19,20)21/h6-7,9,11H,4-5,8,10H2,1-3H3,(H,22,24)/t11-/m1/s1. The van der Waals surface area contributed by atoms with Gasteiger partial charge in [-0.05, 0) is 45.7 Å². The molecule has 0 aromatic heterocycles. The molecule has 0 unspecified atom stereocenters. The Balaban J connectivity index is 2.01. The number of halogens is 4. The molecule has 1 aromatic carbocycles. The predicted molar refractivity (Wildman–Crippen MR) is 92.7 cm³/mol. The highest BCUT2D eigenvalue weighted by atomic mass is 35.5. The van der Waals surface area contributed by atoms with Gasteiger partial charge in [0, 0.05) is 25.2 Å². The number of rotatable bonds is 3. The third-order valence-corrected chi connectivity index (χ3v) is 3.94. The van der Waals surface area contributed by atoms with Crippen molar-refractivity contribution >= 4 is 23.4 Å². The Hall–Kier alpha value is -1.83. The maximum Gasteiger partial charge on any atom is 0.573 e. The average Bonchev–Trinajstić information content (AvgIpc) is 2.43. The number of piperidine rings is 1. The van der Waals surface area contributed by atoms with Gasteiger partial charge >= 0.3 is 12.5 Å². The van der Waals surface area contributed by atoms with E-state index < -0.39 is 18.1 Å². The minimum absolute atomic E-state index is 0.138. The Bertz CT molecular complexity index is 647. The van der Waals surface area contributed by atoms with Gasteiger partial charge in [0.25, 0.3) is 0 Å². The van der Waals surface area contributed by atoms with Crippen LogP contribution in [0.2, 0.25) is 5.02 Å². The van der Waals surface area contributed by atoms with E-state index in [1.807, 2.05) is 4.90 Å². The van der Waals surface area contributed by atoms with Crippen LogP contribution in [-0.4, -0.2) is 37.2 Å². The largest absolute Gasteiger partial charge is 0.573 e. The molecule has 1 heterocycles. The number of carbonyl (C=O) groups is 1. The maximum absolute atomic E-state index is 12.3. The van der Waals surface area contributed by atoms with Crippen molar-refractivity contribution in [2.24, 2.45) is 0 Å². The van der Waals surface area contributed by atoms with Gasteiger partial charge in [-0.2, -0.15) is 0 Å². The average molecular weight is 395 g/mol. The van der Waals surface area contributed by atoms with Gasteiger partial charge in [-0.3, -0.25) is 0 Å². The third kappa shape index (κ3) is 6.48. The lowest BCUT2D eigenvalue weighted by Gasteiger charge is -2.35. The Labute approximate surface area is 155 Å². The molecular weight excluding hydrogens is 373 g/mol. The summed E-state index contributed by atoms with van der Waals surface area (Å²) in [7, 11) is 0. The molecule has 0 aliphatic carbocycles. The lowest BCUT2D eigenvalue weighted by molar-refractivity contribution is -0.274. The summed E-state index contributed by atoms with van der Waals surface area (Å²) in [6.45, 7) is 6.52. The van der Waals surface area contributed by atoms with E-state index in [-0.39, 0.29) is 16.8 Å². The van der Waals surface area contributed by atoms with Crippen molar-refractivity contribution in [1.29, 1.82) is 0 Å². The zero-order valence-electron chi connectivity index (χ0n) is 14.8. The first-order valence-corrected chi connectivity index (χ1v) is 8.60. The Morgan fingerprint density at radius 1 is 1.31 bits per heavy atom. The second kappa shape index (κ2) is 7.82. The molecule has 5 nitrogen and oxygen atoms in total. The highest BCUT2D eigenvalue weighted by Gasteiger charge is 2.31. The maximum atomic E-state index is 12.3. The molecule has 2 rings (SSSR count). The molecule has 1 aliphatic heterocycles. The summed E-state index contributed by atoms with van der Waals surface area (Å²) in [6.07, 6.45) is -3.68.